The molecule has 0 unspecified atom stereocenters. The maximum absolute atomic E-state index is 10.0. The number of aryl methyl sites for hydroxylation is 1. The number of benzene rings is 1. The Morgan fingerprint density at radius 1 is 1.43 bits per heavy atom. The van der Waals surface area contributed by atoms with Crippen LogP contribution < -0.4 is 4.74 Å². The summed E-state index contributed by atoms with van der Waals surface area (Å²) >= 11 is 0. The van der Waals surface area contributed by atoms with E-state index in [2.05, 4.69) is 11.8 Å². The van der Waals surface area contributed by atoms with Crippen LogP contribution in [-0.4, -0.2) is 42.9 Å². The van der Waals surface area contributed by atoms with Crippen molar-refractivity contribution in [3.8, 4) is 11.5 Å². The minimum Gasteiger partial charge on any atom is -0.504 e. The highest BCUT2D eigenvalue weighted by molar-refractivity contribution is 5.85. The van der Waals surface area contributed by atoms with Gasteiger partial charge in [0.2, 0.25) is 0 Å². The Bertz CT molecular complexity index is 493. The molecule has 1 heterocycles. The Morgan fingerprint density at radius 3 is 2.95 bits per heavy atom. The first-order chi connectivity index (χ1) is 9.74. The lowest BCUT2D eigenvalue weighted by Gasteiger charge is -2.44. The number of phenolic OH excluding ortho intramolecular Hbond substituents is 1. The van der Waals surface area contributed by atoms with Crippen molar-refractivity contribution in [2.75, 3.05) is 26.8 Å². The zero-order chi connectivity index (χ0) is 14.1. The van der Waals surface area contributed by atoms with Crippen molar-refractivity contribution >= 4 is 12.4 Å². The number of morpholine rings is 1. The van der Waals surface area contributed by atoms with Crippen molar-refractivity contribution < 1.29 is 14.6 Å². The van der Waals surface area contributed by atoms with Gasteiger partial charge in [0, 0.05) is 12.6 Å². The topological polar surface area (TPSA) is 41.9 Å². The lowest BCUT2D eigenvalue weighted by Crippen LogP contribution is -2.49. The SMILES string of the molecule is CCCN1CCO[C@@H]2c3cc(O)c(OC)cc3CC[C@H]21.Cl. The van der Waals surface area contributed by atoms with Gasteiger partial charge in [0.05, 0.1) is 19.8 Å². The zero-order valence-electron chi connectivity index (χ0n) is 12.7. The van der Waals surface area contributed by atoms with Crippen LogP contribution in [-0.2, 0) is 11.2 Å². The second kappa shape index (κ2) is 6.86. The van der Waals surface area contributed by atoms with E-state index in [-0.39, 0.29) is 24.3 Å². The van der Waals surface area contributed by atoms with Crippen LogP contribution >= 0.6 is 12.4 Å². The molecule has 4 nitrogen and oxygen atoms in total. The minimum atomic E-state index is 0. The first-order valence-electron chi connectivity index (χ1n) is 7.50. The van der Waals surface area contributed by atoms with E-state index in [1.54, 1.807) is 7.11 Å². The number of rotatable bonds is 3. The Morgan fingerprint density at radius 2 is 2.24 bits per heavy atom. The van der Waals surface area contributed by atoms with Gasteiger partial charge in [-0.25, -0.2) is 0 Å². The number of hydrogen-bond acceptors (Lipinski definition) is 4. The predicted octanol–water partition coefficient (Wildman–Crippen LogP) is 2.92. The minimum absolute atomic E-state index is 0. The summed E-state index contributed by atoms with van der Waals surface area (Å²) < 4.78 is 11.2. The molecular formula is C16H24ClNO3. The molecule has 21 heavy (non-hydrogen) atoms. The van der Waals surface area contributed by atoms with E-state index >= 15 is 0 Å². The molecular weight excluding hydrogens is 290 g/mol. The van der Waals surface area contributed by atoms with Crippen molar-refractivity contribution in [3.63, 3.8) is 0 Å². The van der Waals surface area contributed by atoms with Gasteiger partial charge in [0.15, 0.2) is 11.5 Å². The molecule has 0 radical (unpaired) electrons. The standard InChI is InChI=1S/C16H23NO3.ClH/c1-3-6-17-7-8-20-16-12-10-14(18)15(19-2)9-11(12)4-5-13(16)17;/h9-10,13,16,18H,3-8H2,1-2H3;1H/t13-,16-;/m1./s1. The molecule has 1 aromatic carbocycles. The molecule has 1 fully saturated rings. The highest BCUT2D eigenvalue weighted by Gasteiger charge is 2.37. The zero-order valence-corrected chi connectivity index (χ0v) is 13.5. The van der Waals surface area contributed by atoms with Gasteiger partial charge in [-0.05, 0) is 49.1 Å². The average molecular weight is 314 g/mol. The molecule has 0 amide bonds. The number of nitrogens with zero attached hydrogens (tertiary/aromatic N) is 1. The van der Waals surface area contributed by atoms with E-state index < -0.39 is 0 Å². The number of phenols is 1. The van der Waals surface area contributed by atoms with Crippen molar-refractivity contribution in [2.24, 2.45) is 0 Å². The van der Waals surface area contributed by atoms with Crippen LogP contribution in [0.1, 0.15) is 37.0 Å². The molecule has 0 aromatic heterocycles. The van der Waals surface area contributed by atoms with Gasteiger partial charge in [0.1, 0.15) is 0 Å². The summed E-state index contributed by atoms with van der Waals surface area (Å²) in [5.74, 6) is 0.770. The molecule has 2 aliphatic rings. The Hall–Kier alpha value is -0.970. The van der Waals surface area contributed by atoms with E-state index in [9.17, 15) is 5.11 Å². The molecule has 0 bridgehead atoms. The van der Waals surface area contributed by atoms with Gasteiger partial charge in [-0.3, -0.25) is 4.90 Å². The maximum Gasteiger partial charge on any atom is 0.160 e. The summed E-state index contributed by atoms with van der Waals surface area (Å²) in [5, 5.41) is 10.0. The Kier molecular flexibility index (Phi) is 5.36. The summed E-state index contributed by atoms with van der Waals surface area (Å²) in [6.45, 7) is 5.14. The van der Waals surface area contributed by atoms with E-state index in [0.717, 1.165) is 38.1 Å². The average Bonchev–Trinajstić information content (AvgIpc) is 2.47. The van der Waals surface area contributed by atoms with Crippen LogP contribution in [0.25, 0.3) is 0 Å². The Balaban J connectivity index is 0.00000161. The fraction of sp³-hybridized carbons (Fsp3) is 0.625. The van der Waals surface area contributed by atoms with Crippen LogP contribution in [0, 0.1) is 0 Å². The summed E-state index contributed by atoms with van der Waals surface area (Å²) in [4.78, 5) is 2.54. The van der Waals surface area contributed by atoms with Crippen LogP contribution in [0.5, 0.6) is 11.5 Å². The summed E-state index contributed by atoms with van der Waals surface area (Å²) in [6, 6.07) is 4.24. The lowest BCUT2D eigenvalue weighted by atomic mass is 9.83. The third kappa shape index (κ3) is 2.98. The maximum atomic E-state index is 10.0. The molecule has 1 aliphatic carbocycles. The van der Waals surface area contributed by atoms with Crippen molar-refractivity contribution in [3.05, 3.63) is 23.3 Å². The fourth-order valence-electron chi connectivity index (χ4n) is 3.54. The van der Waals surface area contributed by atoms with Crippen molar-refractivity contribution in [1.82, 2.24) is 4.90 Å². The highest BCUT2D eigenvalue weighted by Crippen LogP contribution is 2.42. The number of hydrogen-bond donors (Lipinski definition) is 1. The molecule has 1 aromatic rings. The number of fused-ring (bicyclic) bond motifs is 3. The quantitative estimate of drug-likeness (QED) is 0.931. The molecule has 2 atom stereocenters. The van der Waals surface area contributed by atoms with Gasteiger partial charge >= 0.3 is 0 Å². The summed E-state index contributed by atoms with van der Waals surface area (Å²) in [7, 11) is 1.59. The fourth-order valence-corrected chi connectivity index (χ4v) is 3.54. The second-order valence-electron chi connectivity index (χ2n) is 5.66. The van der Waals surface area contributed by atoms with Gasteiger partial charge in [-0.1, -0.05) is 6.92 Å². The molecule has 118 valence electrons. The van der Waals surface area contributed by atoms with Gasteiger partial charge < -0.3 is 14.6 Å². The third-order valence-electron chi connectivity index (χ3n) is 4.46. The van der Waals surface area contributed by atoms with Gasteiger partial charge in [-0.2, -0.15) is 0 Å². The van der Waals surface area contributed by atoms with Gasteiger partial charge in [-0.15, -0.1) is 12.4 Å². The number of methoxy groups -OCH3 is 1. The van der Waals surface area contributed by atoms with E-state index in [0.29, 0.717) is 11.8 Å². The molecule has 1 aliphatic heterocycles. The molecule has 0 saturated carbocycles. The van der Waals surface area contributed by atoms with E-state index in [1.165, 1.54) is 12.0 Å². The van der Waals surface area contributed by atoms with E-state index in [4.69, 9.17) is 9.47 Å². The number of halogens is 1. The first kappa shape index (κ1) is 16.4. The first-order valence-corrected chi connectivity index (χ1v) is 7.50. The molecule has 1 N–H and O–H groups in total. The third-order valence-corrected chi connectivity index (χ3v) is 4.46. The smallest absolute Gasteiger partial charge is 0.160 e. The predicted molar refractivity (Wildman–Crippen MR) is 84.6 cm³/mol. The molecule has 1 saturated heterocycles. The normalized spacial score (nSPS) is 24.7. The highest BCUT2D eigenvalue weighted by atomic mass is 35.5. The molecule has 0 spiro atoms. The monoisotopic (exact) mass is 313 g/mol. The lowest BCUT2D eigenvalue weighted by molar-refractivity contribution is -0.0802. The van der Waals surface area contributed by atoms with Crippen LogP contribution in [0.2, 0.25) is 0 Å². The molecule has 3 rings (SSSR count). The largest absolute Gasteiger partial charge is 0.504 e. The van der Waals surface area contributed by atoms with Gasteiger partial charge in [0.25, 0.3) is 0 Å². The second-order valence-corrected chi connectivity index (χ2v) is 5.66. The molecule has 5 heteroatoms. The number of ether oxygens (including phenoxy) is 2. The summed E-state index contributed by atoms with van der Waals surface area (Å²) in [6.07, 6.45) is 3.41. The van der Waals surface area contributed by atoms with Crippen LogP contribution in [0.15, 0.2) is 12.1 Å². The van der Waals surface area contributed by atoms with Crippen LogP contribution in [0.3, 0.4) is 0 Å². The van der Waals surface area contributed by atoms with Crippen LogP contribution in [0.4, 0.5) is 0 Å². The van der Waals surface area contributed by atoms with Crippen molar-refractivity contribution in [2.45, 2.75) is 38.3 Å². The van der Waals surface area contributed by atoms with E-state index in [1.807, 2.05) is 12.1 Å². The van der Waals surface area contributed by atoms with Crippen molar-refractivity contribution in [1.29, 1.82) is 0 Å². The summed E-state index contributed by atoms with van der Waals surface area (Å²) in [5.41, 5.74) is 2.39. The number of aromatic hydroxyl groups is 1. The Labute approximate surface area is 132 Å².